The van der Waals surface area contributed by atoms with E-state index >= 15 is 0 Å². The molecule has 1 amide bonds. The summed E-state index contributed by atoms with van der Waals surface area (Å²) < 4.78 is 0. The number of carbonyl (C=O) groups excluding carboxylic acids is 1. The molecule has 2 rings (SSSR count). The Hall–Kier alpha value is -1.92. The van der Waals surface area contributed by atoms with Crippen LogP contribution < -0.4 is 10.6 Å². The number of aliphatic carboxylic acids is 1. The van der Waals surface area contributed by atoms with Gasteiger partial charge in [-0.15, -0.1) is 0 Å². The summed E-state index contributed by atoms with van der Waals surface area (Å²) in [4.78, 5) is 22.9. The van der Waals surface area contributed by atoms with E-state index in [-0.39, 0.29) is 18.4 Å². The smallest absolute Gasteiger partial charge is 0.306 e. The van der Waals surface area contributed by atoms with E-state index in [2.05, 4.69) is 10.6 Å². The lowest BCUT2D eigenvalue weighted by Crippen LogP contribution is -2.46. The molecule has 1 aliphatic rings. The van der Waals surface area contributed by atoms with Gasteiger partial charge in [-0.05, 0) is 18.1 Å². The zero-order valence-corrected chi connectivity index (χ0v) is 11.9. The molecule has 0 aromatic heterocycles. The molecule has 21 heavy (non-hydrogen) atoms. The van der Waals surface area contributed by atoms with Crippen molar-refractivity contribution in [3.8, 4) is 0 Å². The molecule has 1 heterocycles. The van der Waals surface area contributed by atoms with Gasteiger partial charge in [0.05, 0.1) is 17.9 Å². The number of aliphatic hydroxyl groups is 1. The molecule has 0 aliphatic carbocycles. The summed E-state index contributed by atoms with van der Waals surface area (Å²) >= 11 is 0. The molecule has 0 saturated heterocycles. The first-order valence-electron chi connectivity index (χ1n) is 6.89. The average molecular weight is 292 g/mol. The maximum absolute atomic E-state index is 12.3. The van der Waals surface area contributed by atoms with Crippen molar-refractivity contribution in [2.75, 3.05) is 13.1 Å². The monoisotopic (exact) mass is 292 g/mol. The molecule has 114 valence electrons. The second kappa shape index (κ2) is 6.24. The Morgan fingerprint density at radius 3 is 2.86 bits per heavy atom. The summed E-state index contributed by atoms with van der Waals surface area (Å²) in [5.74, 6) is -1.63. The molecule has 1 aliphatic heterocycles. The van der Waals surface area contributed by atoms with Crippen LogP contribution in [0.4, 0.5) is 0 Å². The van der Waals surface area contributed by atoms with Crippen molar-refractivity contribution in [3.05, 3.63) is 35.4 Å². The van der Waals surface area contributed by atoms with Gasteiger partial charge in [0.25, 0.3) is 0 Å². The fourth-order valence-electron chi connectivity index (χ4n) is 2.52. The maximum atomic E-state index is 12.3. The van der Waals surface area contributed by atoms with Gasteiger partial charge < -0.3 is 20.8 Å². The van der Waals surface area contributed by atoms with Crippen molar-refractivity contribution >= 4 is 11.9 Å². The molecule has 0 radical (unpaired) electrons. The summed E-state index contributed by atoms with van der Waals surface area (Å²) in [5.41, 5.74) is 0.608. The Morgan fingerprint density at radius 1 is 1.43 bits per heavy atom. The summed E-state index contributed by atoms with van der Waals surface area (Å²) in [6, 6.07) is 7.72. The normalized spacial score (nSPS) is 20.2. The third-order valence-corrected chi connectivity index (χ3v) is 3.59. The minimum Gasteiger partial charge on any atom is -0.481 e. The van der Waals surface area contributed by atoms with Crippen molar-refractivity contribution in [2.24, 2.45) is 0 Å². The average Bonchev–Trinajstić information content (AvgIpc) is 2.43. The lowest BCUT2D eigenvalue weighted by molar-refractivity contribution is -0.142. The number of hydrogen-bond acceptors (Lipinski definition) is 4. The zero-order valence-electron chi connectivity index (χ0n) is 11.9. The highest BCUT2D eigenvalue weighted by molar-refractivity contribution is 5.84. The predicted octanol–water partition coefficient (Wildman–Crippen LogP) is 0.215. The molecular formula is C15H20N2O4. The van der Waals surface area contributed by atoms with E-state index in [0.717, 1.165) is 17.7 Å². The number of carboxylic acid groups (broad SMARTS) is 1. The molecule has 6 heteroatoms. The Labute approximate surface area is 123 Å². The molecule has 0 spiro atoms. The highest BCUT2D eigenvalue weighted by Gasteiger charge is 2.29. The van der Waals surface area contributed by atoms with Crippen LogP contribution in [0.25, 0.3) is 0 Å². The quantitative estimate of drug-likeness (QED) is 0.622. The summed E-state index contributed by atoms with van der Waals surface area (Å²) in [6.45, 7) is 2.58. The molecule has 0 bridgehead atoms. The zero-order chi connectivity index (χ0) is 15.5. The molecular weight excluding hydrogens is 272 g/mol. The second-order valence-corrected chi connectivity index (χ2v) is 5.67. The van der Waals surface area contributed by atoms with Gasteiger partial charge in [0, 0.05) is 19.6 Å². The lowest BCUT2D eigenvalue weighted by atomic mass is 9.90. The van der Waals surface area contributed by atoms with Crippen LogP contribution in [0.15, 0.2) is 24.3 Å². The van der Waals surface area contributed by atoms with Crippen LogP contribution in [-0.4, -0.2) is 40.8 Å². The number of carboxylic acids is 1. The van der Waals surface area contributed by atoms with E-state index in [0.29, 0.717) is 6.54 Å². The Kier molecular flexibility index (Phi) is 4.59. The van der Waals surface area contributed by atoms with E-state index in [1.165, 1.54) is 6.92 Å². The van der Waals surface area contributed by atoms with Gasteiger partial charge in [-0.25, -0.2) is 0 Å². The van der Waals surface area contributed by atoms with E-state index in [9.17, 15) is 14.7 Å². The van der Waals surface area contributed by atoms with Crippen molar-refractivity contribution in [1.29, 1.82) is 0 Å². The first-order chi connectivity index (χ1) is 9.89. The van der Waals surface area contributed by atoms with Crippen LogP contribution in [0, 0.1) is 0 Å². The fraction of sp³-hybridized carbons (Fsp3) is 0.467. The van der Waals surface area contributed by atoms with E-state index in [1.54, 1.807) is 0 Å². The van der Waals surface area contributed by atoms with E-state index < -0.39 is 18.0 Å². The Balaban J connectivity index is 2.00. The third-order valence-electron chi connectivity index (χ3n) is 3.59. The molecule has 2 atom stereocenters. The number of carbonyl (C=O) groups is 2. The van der Waals surface area contributed by atoms with Crippen molar-refractivity contribution in [1.82, 2.24) is 10.6 Å². The van der Waals surface area contributed by atoms with Crippen LogP contribution in [0.5, 0.6) is 0 Å². The molecule has 1 aromatic rings. The SMILES string of the molecule is CC(O)(CNC(=O)C1CNCc2ccccc21)CC(=O)O. The molecule has 1 aromatic carbocycles. The third kappa shape index (κ3) is 4.03. The standard InChI is InChI=1S/C15H20N2O4/c1-15(21,6-13(18)19)9-17-14(20)12-8-16-7-10-4-2-3-5-11(10)12/h2-5,12,16,21H,6-9H2,1H3,(H,17,20)(H,18,19). The van der Waals surface area contributed by atoms with Crippen molar-refractivity contribution in [3.63, 3.8) is 0 Å². The minimum absolute atomic E-state index is 0.0865. The first-order valence-corrected chi connectivity index (χ1v) is 6.89. The topological polar surface area (TPSA) is 98.7 Å². The highest BCUT2D eigenvalue weighted by atomic mass is 16.4. The largest absolute Gasteiger partial charge is 0.481 e. The van der Waals surface area contributed by atoms with Gasteiger partial charge in [-0.2, -0.15) is 0 Å². The molecule has 4 N–H and O–H groups in total. The van der Waals surface area contributed by atoms with Crippen molar-refractivity contribution < 1.29 is 19.8 Å². The Morgan fingerprint density at radius 2 is 2.14 bits per heavy atom. The fourth-order valence-corrected chi connectivity index (χ4v) is 2.52. The van der Waals surface area contributed by atoms with Gasteiger partial charge in [0.2, 0.25) is 5.91 Å². The van der Waals surface area contributed by atoms with E-state index in [4.69, 9.17) is 5.11 Å². The maximum Gasteiger partial charge on any atom is 0.306 e. The van der Waals surface area contributed by atoms with Gasteiger partial charge >= 0.3 is 5.97 Å². The van der Waals surface area contributed by atoms with Crippen LogP contribution in [-0.2, 0) is 16.1 Å². The predicted molar refractivity (Wildman–Crippen MR) is 76.8 cm³/mol. The first kappa shape index (κ1) is 15.5. The number of fused-ring (bicyclic) bond motifs is 1. The van der Waals surface area contributed by atoms with Gasteiger partial charge in [-0.3, -0.25) is 9.59 Å². The lowest BCUT2D eigenvalue weighted by Gasteiger charge is -2.27. The van der Waals surface area contributed by atoms with Crippen molar-refractivity contribution in [2.45, 2.75) is 31.4 Å². The molecule has 0 fully saturated rings. The Bertz CT molecular complexity index is 542. The molecule has 2 unspecified atom stereocenters. The van der Waals surface area contributed by atoms with Gasteiger partial charge in [-0.1, -0.05) is 24.3 Å². The number of hydrogen-bond donors (Lipinski definition) is 4. The van der Waals surface area contributed by atoms with Crippen LogP contribution >= 0.6 is 0 Å². The number of rotatable bonds is 5. The summed E-state index contributed by atoms with van der Waals surface area (Å²) in [5, 5.41) is 24.5. The summed E-state index contributed by atoms with van der Waals surface area (Å²) in [6.07, 6.45) is -0.410. The summed E-state index contributed by atoms with van der Waals surface area (Å²) in [7, 11) is 0. The highest BCUT2D eigenvalue weighted by Crippen LogP contribution is 2.24. The van der Waals surface area contributed by atoms with Crippen LogP contribution in [0.3, 0.4) is 0 Å². The van der Waals surface area contributed by atoms with Gasteiger partial charge in [0.1, 0.15) is 0 Å². The molecule has 0 saturated carbocycles. The molecule has 6 nitrogen and oxygen atoms in total. The van der Waals surface area contributed by atoms with Gasteiger partial charge in [0.15, 0.2) is 0 Å². The second-order valence-electron chi connectivity index (χ2n) is 5.67. The number of amides is 1. The number of benzene rings is 1. The van der Waals surface area contributed by atoms with Crippen LogP contribution in [0.1, 0.15) is 30.4 Å². The van der Waals surface area contributed by atoms with Crippen LogP contribution in [0.2, 0.25) is 0 Å². The minimum atomic E-state index is -1.46. The van der Waals surface area contributed by atoms with E-state index in [1.807, 2.05) is 24.3 Å². The number of nitrogens with one attached hydrogen (secondary N) is 2.